The van der Waals surface area contributed by atoms with Crippen molar-refractivity contribution in [3.63, 3.8) is 0 Å². The van der Waals surface area contributed by atoms with Crippen LogP contribution in [0.15, 0.2) is 0 Å². The molecule has 0 saturated carbocycles. The molecule has 1 aliphatic rings. The number of fused-ring (bicyclic) bond motifs is 1. The molecule has 1 aromatic heterocycles. The van der Waals surface area contributed by atoms with Crippen LogP contribution in [0.3, 0.4) is 0 Å². The van der Waals surface area contributed by atoms with Crippen LogP contribution in [-0.4, -0.2) is 21.5 Å². The van der Waals surface area contributed by atoms with Crippen molar-refractivity contribution in [2.24, 2.45) is 0 Å². The molecule has 4 heteroatoms. The summed E-state index contributed by atoms with van der Waals surface area (Å²) >= 11 is 0. The van der Waals surface area contributed by atoms with Gasteiger partial charge in [-0.1, -0.05) is 25.6 Å². The van der Waals surface area contributed by atoms with E-state index in [1.807, 2.05) is 0 Å². The summed E-state index contributed by atoms with van der Waals surface area (Å²) in [5, 5.41) is 4.31. The number of aryl methyl sites for hydroxylation is 1. The van der Waals surface area contributed by atoms with Crippen LogP contribution >= 0.6 is 0 Å². The molecule has 0 aliphatic carbocycles. The van der Waals surface area contributed by atoms with Crippen LogP contribution < -0.4 is 4.84 Å². The monoisotopic (exact) mass is 181 g/mol. The van der Waals surface area contributed by atoms with E-state index < -0.39 is 0 Å². The Hall–Kier alpha value is -1.06. The van der Waals surface area contributed by atoms with Crippen LogP contribution in [0, 0.1) is 0 Å². The molecule has 0 amide bonds. The highest BCUT2D eigenvalue weighted by Gasteiger charge is 2.23. The first-order chi connectivity index (χ1) is 6.07. The SMILES string of the molecule is CC(C)(C)c1nc2n(n1)OCCC2. The molecule has 72 valence electrons. The predicted octanol–water partition coefficient (Wildman–Crippen LogP) is 0.950. The van der Waals surface area contributed by atoms with E-state index in [4.69, 9.17) is 4.84 Å². The molecule has 0 atom stereocenters. The fraction of sp³-hybridized carbons (Fsp3) is 0.778. The molecule has 0 bridgehead atoms. The van der Waals surface area contributed by atoms with E-state index in [-0.39, 0.29) is 5.41 Å². The number of hydrogen-bond acceptors (Lipinski definition) is 3. The zero-order valence-electron chi connectivity index (χ0n) is 8.37. The van der Waals surface area contributed by atoms with Crippen molar-refractivity contribution in [1.29, 1.82) is 0 Å². The zero-order chi connectivity index (χ0) is 9.47. The molecule has 1 aromatic rings. The summed E-state index contributed by atoms with van der Waals surface area (Å²) in [4.78, 5) is 11.4. The minimum atomic E-state index is 0.00764. The second-order valence-electron chi connectivity index (χ2n) is 4.41. The van der Waals surface area contributed by atoms with E-state index in [0.717, 1.165) is 31.1 Å². The maximum atomic E-state index is 5.34. The Morgan fingerprint density at radius 3 is 2.77 bits per heavy atom. The van der Waals surface area contributed by atoms with Crippen molar-refractivity contribution in [2.45, 2.75) is 39.0 Å². The molecule has 0 unspecified atom stereocenters. The molecule has 0 spiro atoms. The minimum absolute atomic E-state index is 0.00764. The molecular formula is C9H15N3O. The van der Waals surface area contributed by atoms with Crippen molar-refractivity contribution < 1.29 is 4.84 Å². The molecule has 0 radical (unpaired) electrons. The highest BCUT2D eigenvalue weighted by molar-refractivity contribution is 5.03. The molecule has 2 rings (SSSR count). The van der Waals surface area contributed by atoms with E-state index in [1.54, 1.807) is 4.85 Å². The number of hydrogen-bond donors (Lipinski definition) is 0. The molecule has 0 fully saturated rings. The summed E-state index contributed by atoms with van der Waals surface area (Å²) in [5.41, 5.74) is 0.00764. The first-order valence-corrected chi connectivity index (χ1v) is 4.67. The summed E-state index contributed by atoms with van der Waals surface area (Å²) in [6.45, 7) is 7.07. The van der Waals surface area contributed by atoms with Gasteiger partial charge in [0.1, 0.15) is 6.61 Å². The Labute approximate surface area is 77.9 Å². The smallest absolute Gasteiger partial charge is 0.168 e. The molecule has 0 aromatic carbocycles. The largest absolute Gasteiger partial charge is 0.395 e. The second kappa shape index (κ2) is 2.72. The van der Waals surface area contributed by atoms with Crippen LogP contribution in [0.1, 0.15) is 38.8 Å². The summed E-state index contributed by atoms with van der Waals surface area (Å²) in [7, 11) is 0. The van der Waals surface area contributed by atoms with Crippen molar-refractivity contribution in [3.8, 4) is 0 Å². The van der Waals surface area contributed by atoms with Crippen molar-refractivity contribution in [2.75, 3.05) is 6.61 Å². The Balaban J connectivity index is 2.36. The standard InChI is InChI=1S/C9H15N3O/c1-9(2,3)8-10-7-5-4-6-13-12(7)11-8/h4-6H2,1-3H3. The van der Waals surface area contributed by atoms with Gasteiger partial charge in [0.25, 0.3) is 0 Å². The number of nitrogens with zero attached hydrogens (tertiary/aromatic N) is 3. The Morgan fingerprint density at radius 2 is 2.15 bits per heavy atom. The van der Waals surface area contributed by atoms with E-state index in [0.29, 0.717) is 0 Å². The molecule has 0 saturated heterocycles. The average molecular weight is 181 g/mol. The van der Waals surface area contributed by atoms with E-state index in [9.17, 15) is 0 Å². The van der Waals surface area contributed by atoms with Gasteiger partial charge in [-0.25, -0.2) is 4.98 Å². The summed E-state index contributed by atoms with van der Waals surface area (Å²) in [6, 6.07) is 0. The quantitative estimate of drug-likeness (QED) is 0.598. The summed E-state index contributed by atoms with van der Waals surface area (Å²) in [6.07, 6.45) is 2.02. The van der Waals surface area contributed by atoms with Crippen LogP contribution in [-0.2, 0) is 11.8 Å². The van der Waals surface area contributed by atoms with Crippen molar-refractivity contribution >= 4 is 0 Å². The fourth-order valence-electron chi connectivity index (χ4n) is 1.29. The van der Waals surface area contributed by atoms with E-state index >= 15 is 0 Å². The molecular weight excluding hydrogens is 166 g/mol. The Bertz CT molecular complexity index is 288. The Kier molecular flexibility index (Phi) is 1.78. The molecule has 4 nitrogen and oxygen atoms in total. The first kappa shape index (κ1) is 8.53. The number of rotatable bonds is 0. The minimum Gasteiger partial charge on any atom is -0.395 e. The van der Waals surface area contributed by atoms with Crippen molar-refractivity contribution in [3.05, 3.63) is 11.6 Å². The van der Waals surface area contributed by atoms with Gasteiger partial charge in [0, 0.05) is 11.8 Å². The number of aromatic nitrogens is 3. The first-order valence-electron chi connectivity index (χ1n) is 4.67. The van der Waals surface area contributed by atoms with E-state index in [2.05, 4.69) is 30.9 Å². The Morgan fingerprint density at radius 1 is 1.38 bits per heavy atom. The third-order valence-corrected chi connectivity index (χ3v) is 2.07. The lowest BCUT2D eigenvalue weighted by Gasteiger charge is -2.12. The predicted molar refractivity (Wildman–Crippen MR) is 48.5 cm³/mol. The maximum absolute atomic E-state index is 5.34. The lowest BCUT2D eigenvalue weighted by Crippen LogP contribution is -2.23. The lowest BCUT2D eigenvalue weighted by atomic mass is 9.96. The van der Waals surface area contributed by atoms with Gasteiger partial charge in [-0.15, -0.1) is 5.10 Å². The van der Waals surface area contributed by atoms with Gasteiger partial charge in [-0.05, 0) is 6.42 Å². The average Bonchev–Trinajstić information content (AvgIpc) is 2.45. The van der Waals surface area contributed by atoms with Crippen LogP contribution in [0.25, 0.3) is 0 Å². The topological polar surface area (TPSA) is 39.9 Å². The highest BCUT2D eigenvalue weighted by atomic mass is 16.7. The second-order valence-corrected chi connectivity index (χ2v) is 4.41. The molecule has 1 aliphatic heterocycles. The molecule has 2 heterocycles. The van der Waals surface area contributed by atoms with Gasteiger partial charge >= 0.3 is 0 Å². The third kappa shape index (κ3) is 1.53. The third-order valence-electron chi connectivity index (χ3n) is 2.07. The highest BCUT2D eigenvalue weighted by Crippen LogP contribution is 2.19. The van der Waals surface area contributed by atoms with Gasteiger partial charge in [0.15, 0.2) is 11.6 Å². The van der Waals surface area contributed by atoms with Crippen molar-refractivity contribution in [1.82, 2.24) is 14.9 Å². The lowest BCUT2D eigenvalue weighted by molar-refractivity contribution is 0.0530. The summed E-state index contributed by atoms with van der Waals surface area (Å²) < 4.78 is 0. The van der Waals surface area contributed by atoms with Gasteiger partial charge in [-0.3, -0.25) is 0 Å². The maximum Gasteiger partial charge on any atom is 0.168 e. The van der Waals surface area contributed by atoms with Gasteiger partial charge in [0.05, 0.1) is 0 Å². The van der Waals surface area contributed by atoms with Gasteiger partial charge in [-0.2, -0.15) is 0 Å². The molecule has 0 N–H and O–H groups in total. The fourth-order valence-corrected chi connectivity index (χ4v) is 1.29. The van der Waals surface area contributed by atoms with Gasteiger partial charge < -0.3 is 4.84 Å². The summed E-state index contributed by atoms with van der Waals surface area (Å²) in [5.74, 6) is 1.82. The van der Waals surface area contributed by atoms with Gasteiger partial charge in [0.2, 0.25) is 0 Å². The van der Waals surface area contributed by atoms with Crippen LogP contribution in [0.4, 0.5) is 0 Å². The van der Waals surface area contributed by atoms with Crippen LogP contribution in [0.2, 0.25) is 0 Å². The zero-order valence-corrected chi connectivity index (χ0v) is 8.37. The van der Waals surface area contributed by atoms with E-state index in [1.165, 1.54) is 0 Å². The molecule has 13 heavy (non-hydrogen) atoms. The normalized spacial score (nSPS) is 16.5. The van der Waals surface area contributed by atoms with Crippen LogP contribution in [0.5, 0.6) is 0 Å².